The van der Waals surface area contributed by atoms with E-state index in [-0.39, 0.29) is 24.7 Å². The average molecular weight is 503 g/mol. The molecular weight excluding hydrogens is 460 g/mol. The van der Waals surface area contributed by atoms with E-state index < -0.39 is 6.09 Å². The monoisotopic (exact) mass is 502 g/mol. The maximum Gasteiger partial charge on any atom is 0.414 e. The summed E-state index contributed by atoms with van der Waals surface area (Å²) in [5, 5.41) is 6.60. The van der Waals surface area contributed by atoms with Crippen LogP contribution in [0.3, 0.4) is 0 Å². The maximum absolute atomic E-state index is 12.9. The van der Waals surface area contributed by atoms with Gasteiger partial charge < -0.3 is 29.7 Å². The number of hydrogen-bond acceptors (Lipinski definition) is 6. The van der Waals surface area contributed by atoms with Gasteiger partial charge in [0.1, 0.15) is 12.4 Å². The first-order valence-corrected chi connectivity index (χ1v) is 12.6. The minimum absolute atomic E-state index is 0.118. The fraction of sp³-hybridized carbons (Fsp3) is 0.556. The molecule has 200 valence electrons. The molecule has 9 heteroatoms. The summed E-state index contributed by atoms with van der Waals surface area (Å²) in [6.45, 7) is 16.8. The van der Waals surface area contributed by atoms with Crippen molar-refractivity contribution in [1.82, 2.24) is 15.5 Å². The van der Waals surface area contributed by atoms with Crippen LogP contribution in [0.2, 0.25) is 0 Å². The van der Waals surface area contributed by atoms with Crippen LogP contribution in [-0.4, -0.2) is 75.7 Å². The average Bonchev–Trinajstić information content (AvgIpc) is 2.89. The van der Waals surface area contributed by atoms with Crippen molar-refractivity contribution in [3.63, 3.8) is 0 Å². The van der Waals surface area contributed by atoms with Crippen molar-refractivity contribution in [3.05, 3.63) is 49.2 Å². The molecule has 0 spiro atoms. The Hall–Kier alpha value is -3.20. The number of carbonyl (C=O) groups is 2. The first-order valence-electron chi connectivity index (χ1n) is 12.6. The third-order valence-electron chi connectivity index (χ3n) is 5.94. The molecule has 1 aromatic rings. The van der Waals surface area contributed by atoms with E-state index in [1.165, 1.54) is 6.08 Å². The molecule has 36 heavy (non-hydrogen) atoms. The highest BCUT2D eigenvalue weighted by Gasteiger charge is 2.26. The predicted octanol–water partition coefficient (Wildman–Crippen LogP) is 4.16. The molecule has 0 unspecified atom stereocenters. The Kier molecular flexibility index (Phi) is 12.1. The van der Waals surface area contributed by atoms with Crippen LogP contribution in [0.4, 0.5) is 15.3 Å². The summed E-state index contributed by atoms with van der Waals surface area (Å²) >= 11 is 0. The molecule has 2 N–H and O–H groups in total. The van der Waals surface area contributed by atoms with Crippen molar-refractivity contribution in [3.8, 4) is 5.75 Å². The van der Waals surface area contributed by atoms with E-state index in [2.05, 4.69) is 37.6 Å². The Bertz CT molecular complexity index is 852. The lowest BCUT2D eigenvalue weighted by atomic mass is 10.0. The fourth-order valence-corrected chi connectivity index (χ4v) is 3.88. The molecule has 0 aromatic heterocycles. The van der Waals surface area contributed by atoms with Crippen molar-refractivity contribution in [1.29, 1.82) is 0 Å². The smallest absolute Gasteiger partial charge is 0.414 e. The van der Waals surface area contributed by atoms with Crippen LogP contribution < -0.4 is 20.3 Å². The second-order valence-electron chi connectivity index (χ2n) is 9.18. The van der Waals surface area contributed by atoms with Gasteiger partial charge in [0, 0.05) is 37.1 Å². The number of urea groups is 1. The lowest BCUT2D eigenvalue weighted by Gasteiger charge is -2.33. The molecule has 0 aliphatic carbocycles. The number of ether oxygens (including phenoxy) is 3. The Morgan fingerprint density at radius 1 is 1.19 bits per heavy atom. The summed E-state index contributed by atoms with van der Waals surface area (Å²) in [5.41, 5.74) is 1.40. The molecule has 2 rings (SSSR count). The summed E-state index contributed by atoms with van der Waals surface area (Å²) < 4.78 is 16.0. The predicted molar refractivity (Wildman–Crippen MR) is 142 cm³/mol. The first-order chi connectivity index (χ1) is 17.3. The largest absolute Gasteiger partial charge is 0.497 e. The molecule has 1 fully saturated rings. The Balaban J connectivity index is 2.13. The highest BCUT2D eigenvalue weighted by molar-refractivity contribution is 5.87. The second kappa shape index (κ2) is 15.0. The zero-order valence-corrected chi connectivity index (χ0v) is 22.1. The number of carbonyl (C=O) groups excluding carboxylic acids is 2. The van der Waals surface area contributed by atoms with E-state index in [9.17, 15) is 9.59 Å². The van der Waals surface area contributed by atoms with Crippen LogP contribution in [0.5, 0.6) is 5.75 Å². The fourth-order valence-electron chi connectivity index (χ4n) is 3.88. The molecule has 1 saturated heterocycles. The molecular formula is C27H42N4O5. The van der Waals surface area contributed by atoms with E-state index in [1.807, 2.05) is 19.1 Å². The highest BCUT2D eigenvalue weighted by Crippen LogP contribution is 2.21. The second-order valence-corrected chi connectivity index (χ2v) is 9.18. The van der Waals surface area contributed by atoms with E-state index >= 15 is 0 Å². The number of nitrogens with one attached hydrogen (secondary N) is 2. The van der Waals surface area contributed by atoms with Gasteiger partial charge in [-0.05, 0) is 43.0 Å². The summed E-state index contributed by atoms with van der Waals surface area (Å²) in [5.74, 6) is 1.05. The summed E-state index contributed by atoms with van der Waals surface area (Å²) in [6, 6.07) is 6.75. The van der Waals surface area contributed by atoms with Gasteiger partial charge in [-0.15, -0.1) is 0 Å². The zero-order chi connectivity index (χ0) is 26.5. The maximum atomic E-state index is 12.9. The molecule has 3 amide bonds. The number of morpholine rings is 1. The number of hydrogen-bond donors (Lipinski definition) is 2. The van der Waals surface area contributed by atoms with E-state index in [4.69, 9.17) is 14.2 Å². The first kappa shape index (κ1) is 29.0. The van der Waals surface area contributed by atoms with Gasteiger partial charge in [-0.1, -0.05) is 40.0 Å². The Morgan fingerprint density at radius 2 is 1.86 bits per heavy atom. The molecule has 0 radical (unpaired) electrons. The van der Waals surface area contributed by atoms with Gasteiger partial charge in [0.05, 0.1) is 26.4 Å². The SMILES string of the molecule is C=CCOC(=O)N(C[C@H](CC)NC(=C)[C@H](CC(C)C)NC(=O)N1CCOCC1)c1ccc(OC)cc1. The van der Waals surface area contributed by atoms with Crippen LogP contribution >= 0.6 is 0 Å². The number of methoxy groups -OCH3 is 1. The number of anilines is 1. The molecule has 9 nitrogen and oxygen atoms in total. The van der Waals surface area contributed by atoms with Crippen LogP contribution in [0.25, 0.3) is 0 Å². The zero-order valence-electron chi connectivity index (χ0n) is 22.1. The minimum Gasteiger partial charge on any atom is -0.497 e. The van der Waals surface area contributed by atoms with Gasteiger partial charge in [-0.2, -0.15) is 0 Å². The van der Waals surface area contributed by atoms with Crippen molar-refractivity contribution in [2.75, 3.05) is 51.5 Å². The Labute approximate surface area is 215 Å². The number of rotatable bonds is 13. The number of benzene rings is 1. The lowest BCUT2D eigenvalue weighted by molar-refractivity contribution is 0.0525. The van der Waals surface area contributed by atoms with Crippen LogP contribution in [0, 0.1) is 5.92 Å². The van der Waals surface area contributed by atoms with Gasteiger partial charge in [-0.3, -0.25) is 4.90 Å². The van der Waals surface area contributed by atoms with Crippen molar-refractivity contribution < 1.29 is 23.8 Å². The van der Waals surface area contributed by atoms with Gasteiger partial charge in [0.25, 0.3) is 0 Å². The minimum atomic E-state index is -0.467. The van der Waals surface area contributed by atoms with Gasteiger partial charge >= 0.3 is 12.1 Å². The molecule has 2 atom stereocenters. The summed E-state index contributed by atoms with van der Waals surface area (Å²) in [6.07, 6.45) is 2.54. The van der Waals surface area contributed by atoms with Gasteiger partial charge in [0.2, 0.25) is 0 Å². The Morgan fingerprint density at radius 3 is 2.42 bits per heavy atom. The lowest BCUT2D eigenvalue weighted by Crippen LogP contribution is -2.52. The van der Waals surface area contributed by atoms with Crippen molar-refractivity contribution in [2.24, 2.45) is 5.92 Å². The van der Waals surface area contributed by atoms with Crippen LogP contribution in [-0.2, 0) is 9.47 Å². The number of nitrogens with zero attached hydrogens (tertiary/aromatic N) is 2. The summed E-state index contributed by atoms with van der Waals surface area (Å²) in [4.78, 5) is 29.1. The van der Waals surface area contributed by atoms with Crippen molar-refractivity contribution >= 4 is 17.8 Å². The molecule has 0 saturated carbocycles. The van der Waals surface area contributed by atoms with Crippen LogP contribution in [0.1, 0.15) is 33.6 Å². The van der Waals surface area contributed by atoms with Gasteiger partial charge in [0.15, 0.2) is 0 Å². The molecule has 1 aliphatic heterocycles. The number of amides is 3. The van der Waals surface area contributed by atoms with Crippen LogP contribution in [0.15, 0.2) is 49.2 Å². The highest BCUT2D eigenvalue weighted by atomic mass is 16.6. The molecule has 1 aromatic carbocycles. The standard InChI is InChI=1S/C27H42N4O5/c1-7-15-36-27(33)31(23-9-11-24(34-6)12-10-23)19-22(8-2)28-21(5)25(18-20(3)4)29-26(32)30-13-16-35-17-14-30/h7,9-12,20,22,25,28H,1,5,8,13-19H2,2-4,6H3,(H,29,32)/t22-,25-/m0/s1. The van der Waals surface area contributed by atoms with E-state index in [1.54, 1.807) is 29.0 Å². The normalized spacial score (nSPS) is 15.0. The van der Waals surface area contributed by atoms with Crippen molar-refractivity contribution in [2.45, 2.75) is 45.7 Å². The third kappa shape index (κ3) is 9.11. The quantitative estimate of drug-likeness (QED) is 0.394. The topological polar surface area (TPSA) is 92.4 Å². The van der Waals surface area contributed by atoms with E-state index in [0.717, 1.165) is 12.8 Å². The summed E-state index contributed by atoms with van der Waals surface area (Å²) in [7, 11) is 1.60. The molecule has 1 aliphatic rings. The van der Waals surface area contributed by atoms with E-state index in [0.29, 0.717) is 55.9 Å². The molecule has 1 heterocycles. The van der Waals surface area contributed by atoms with Gasteiger partial charge in [-0.25, -0.2) is 9.59 Å². The third-order valence-corrected chi connectivity index (χ3v) is 5.94. The molecule has 0 bridgehead atoms.